The fourth-order valence-corrected chi connectivity index (χ4v) is 2.79. The number of hydrogen-bond acceptors (Lipinski definition) is 4. The van der Waals surface area contributed by atoms with Gasteiger partial charge < -0.3 is 9.47 Å². The molecule has 0 unspecified atom stereocenters. The van der Waals surface area contributed by atoms with Crippen molar-refractivity contribution in [2.75, 3.05) is 0 Å². The first-order chi connectivity index (χ1) is 10.1. The van der Waals surface area contributed by atoms with E-state index in [4.69, 9.17) is 9.47 Å². The van der Waals surface area contributed by atoms with Gasteiger partial charge in [-0.25, -0.2) is 9.59 Å². The van der Waals surface area contributed by atoms with E-state index in [1.165, 1.54) is 6.08 Å². The summed E-state index contributed by atoms with van der Waals surface area (Å²) < 4.78 is 10.9. The molecule has 0 amide bonds. The van der Waals surface area contributed by atoms with Crippen LogP contribution in [0.25, 0.3) is 6.08 Å². The lowest BCUT2D eigenvalue weighted by molar-refractivity contribution is -0.244. The molecule has 1 spiro atoms. The van der Waals surface area contributed by atoms with Crippen LogP contribution in [0.1, 0.15) is 43.2 Å². The Bertz CT molecular complexity index is 570. The van der Waals surface area contributed by atoms with Gasteiger partial charge in [0, 0.05) is 12.8 Å². The Hall–Kier alpha value is -2.10. The molecule has 4 nitrogen and oxygen atoms in total. The van der Waals surface area contributed by atoms with Crippen molar-refractivity contribution in [3.63, 3.8) is 0 Å². The Morgan fingerprint density at radius 1 is 0.952 bits per heavy atom. The predicted molar refractivity (Wildman–Crippen MR) is 77.2 cm³/mol. The molecule has 0 atom stereocenters. The zero-order valence-corrected chi connectivity index (χ0v) is 12.1. The highest BCUT2D eigenvalue weighted by atomic mass is 16.7. The molecule has 21 heavy (non-hydrogen) atoms. The number of hydrogen-bond donors (Lipinski definition) is 0. The van der Waals surface area contributed by atoms with Crippen LogP contribution >= 0.6 is 0 Å². The van der Waals surface area contributed by atoms with Crippen LogP contribution in [-0.2, 0) is 19.1 Å². The standard InChI is InChI=1S/C17H18O4/c1-12-5-7-13(8-6-12)11-14-15(18)20-17(21-16(14)19)9-3-2-4-10-17/h5-8,11H,2-4,9-10H2,1H3. The minimum absolute atomic E-state index is 0.0324. The molecule has 0 N–H and O–H groups in total. The zero-order valence-electron chi connectivity index (χ0n) is 12.1. The van der Waals surface area contributed by atoms with Crippen molar-refractivity contribution >= 4 is 18.0 Å². The molecule has 1 aromatic carbocycles. The number of aryl methyl sites for hydroxylation is 1. The average Bonchev–Trinajstić information content (AvgIpc) is 2.46. The predicted octanol–water partition coefficient (Wildman–Crippen LogP) is 3.14. The fourth-order valence-electron chi connectivity index (χ4n) is 2.79. The monoisotopic (exact) mass is 286 g/mol. The van der Waals surface area contributed by atoms with Crippen molar-refractivity contribution < 1.29 is 19.1 Å². The third kappa shape index (κ3) is 2.84. The second-order valence-electron chi connectivity index (χ2n) is 5.72. The Balaban J connectivity index is 1.83. The van der Waals surface area contributed by atoms with E-state index < -0.39 is 17.7 Å². The topological polar surface area (TPSA) is 52.6 Å². The van der Waals surface area contributed by atoms with Gasteiger partial charge in [0.1, 0.15) is 5.57 Å². The van der Waals surface area contributed by atoms with Crippen LogP contribution in [0, 0.1) is 6.92 Å². The summed E-state index contributed by atoms with van der Waals surface area (Å²) in [6.45, 7) is 1.98. The molecule has 4 heteroatoms. The molecule has 2 fully saturated rings. The summed E-state index contributed by atoms with van der Waals surface area (Å²) in [7, 11) is 0. The maximum atomic E-state index is 12.2. The molecule has 0 bridgehead atoms. The van der Waals surface area contributed by atoms with Crippen LogP contribution in [0.2, 0.25) is 0 Å². The van der Waals surface area contributed by atoms with Crippen molar-refractivity contribution in [2.24, 2.45) is 0 Å². The summed E-state index contributed by atoms with van der Waals surface area (Å²) >= 11 is 0. The number of carbonyl (C=O) groups is 2. The summed E-state index contributed by atoms with van der Waals surface area (Å²) in [6, 6.07) is 7.56. The lowest BCUT2D eigenvalue weighted by atomic mass is 9.93. The zero-order chi connectivity index (χ0) is 14.9. The van der Waals surface area contributed by atoms with Crippen LogP contribution < -0.4 is 0 Å². The summed E-state index contributed by atoms with van der Waals surface area (Å²) in [6.07, 6.45) is 5.64. The first kappa shape index (κ1) is 13.9. The van der Waals surface area contributed by atoms with Crippen LogP contribution in [0.5, 0.6) is 0 Å². The minimum Gasteiger partial charge on any atom is -0.419 e. The molecule has 1 aliphatic carbocycles. The van der Waals surface area contributed by atoms with Crippen molar-refractivity contribution in [3.8, 4) is 0 Å². The minimum atomic E-state index is -1.02. The molecule has 1 saturated heterocycles. The molecule has 0 aromatic heterocycles. The SMILES string of the molecule is Cc1ccc(C=C2C(=O)OC3(CCCCC3)OC2=O)cc1. The van der Waals surface area contributed by atoms with E-state index in [0.29, 0.717) is 12.8 Å². The molecular formula is C17H18O4. The van der Waals surface area contributed by atoms with Gasteiger partial charge >= 0.3 is 11.9 Å². The normalized spacial score (nSPS) is 20.9. The lowest BCUT2D eigenvalue weighted by Gasteiger charge is -2.38. The number of esters is 2. The number of rotatable bonds is 1. The Morgan fingerprint density at radius 3 is 2.10 bits per heavy atom. The highest BCUT2D eigenvalue weighted by Gasteiger charge is 2.46. The van der Waals surface area contributed by atoms with E-state index in [1.807, 2.05) is 31.2 Å². The van der Waals surface area contributed by atoms with Gasteiger partial charge in [-0.05, 0) is 31.4 Å². The average molecular weight is 286 g/mol. The van der Waals surface area contributed by atoms with Crippen LogP contribution in [-0.4, -0.2) is 17.7 Å². The molecule has 2 aliphatic rings. The Labute approximate surface area is 123 Å². The van der Waals surface area contributed by atoms with E-state index in [-0.39, 0.29) is 5.57 Å². The van der Waals surface area contributed by atoms with E-state index >= 15 is 0 Å². The van der Waals surface area contributed by atoms with Gasteiger partial charge in [-0.3, -0.25) is 0 Å². The maximum absolute atomic E-state index is 12.2. The summed E-state index contributed by atoms with van der Waals surface area (Å²) in [4.78, 5) is 24.3. The largest absolute Gasteiger partial charge is 0.419 e. The van der Waals surface area contributed by atoms with E-state index in [2.05, 4.69) is 0 Å². The molecular weight excluding hydrogens is 268 g/mol. The van der Waals surface area contributed by atoms with Gasteiger partial charge in [0.15, 0.2) is 0 Å². The quantitative estimate of drug-likeness (QED) is 0.452. The van der Waals surface area contributed by atoms with Gasteiger partial charge in [-0.2, -0.15) is 0 Å². The molecule has 0 radical (unpaired) electrons. The number of benzene rings is 1. The van der Waals surface area contributed by atoms with Crippen molar-refractivity contribution in [3.05, 3.63) is 41.0 Å². The first-order valence-electron chi connectivity index (χ1n) is 7.33. The number of ether oxygens (including phenoxy) is 2. The van der Waals surface area contributed by atoms with Crippen molar-refractivity contribution in [1.82, 2.24) is 0 Å². The van der Waals surface area contributed by atoms with E-state index in [0.717, 1.165) is 30.4 Å². The van der Waals surface area contributed by atoms with Crippen LogP contribution in [0.3, 0.4) is 0 Å². The smallest absolute Gasteiger partial charge is 0.348 e. The second-order valence-corrected chi connectivity index (χ2v) is 5.72. The highest BCUT2D eigenvalue weighted by molar-refractivity contribution is 6.18. The van der Waals surface area contributed by atoms with Crippen molar-refractivity contribution in [1.29, 1.82) is 0 Å². The summed E-state index contributed by atoms with van der Waals surface area (Å²) in [5.74, 6) is -2.17. The molecule has 1 saturated carbocycles. The second kappa shape index (κ2) is 5.35. The molecule has 3 rings (SSSR count). The third-order valence-electron chi connectivity index (χ3n) is 4.00. The summed E-state index contributed by atoms with van der Waals surface area (Å²) in [5.41, 5.74) is 1.87. The highest BCUT2D eigenvalue weighted by Crippen LogP contribution is 2.37. The first-order valence-corrected chi connectivity index (χ1v) is 7.33. The van der Waals surface area contributed by atoms with Gasteiger partial charge in [0.05, 0.1) is 0 Å². The van der Waals surface area contributed by atoms with Gasteiger partial charge in [-0.1, -0.05) is 36.2 Å². The Kier molecular flexibility index (Phi) is 3.53. The maximum Gasteiger partial charge on any atom is 0.348 e. The van der Waals surface area contributed by atoms with Gasteiger partial charge in [0.2, 0.25) is 0 Å². The molecule has 1 aliphatic heterocycles. The lowest BCUT2D eigenvalue weighted by Crippen LogP contribution is -2.47. The van der Waals surface area contributed by atoms with Crippen molar-refractivity contribution in [2.45, 2.75) is 44.8 Å². The van der Waals surface area contributed by atoms with Gasteiger partial charge in [0.25, 0.3) is 5.79 Å². The van der Waals surface area contributed by atoms with Crippen LogP contribution in [0.4, 0.5) is 0 Å². The summed E-state index contributed by atoms with van der Waals surface area (Å²) in [5, 5.41) is 0. The third-order valence-corrected chi connectivity index (χ3v) is 4.00. The number of carbonyl (C=O) groups excluding carboxylic acids is 2. The fraction of sp³-hybridized carbons (Fsp3) is 0.412. The Morgan fingerprint density at radius 2 is 1.52 bits per heavy atom. The molecule has 1 aromatic rings. The van der Waals surface area contributed by atoms with E-state index in [1.54, 1.807) is 0 Å². The molecule has 1 heterocycles. The molecule has 110 valence electrons. The van der Waals surface area contributed by atoms with E-state index in [9.17, 15) is 9.59 Å². The van der Waals surface area contributed by atoms with Gasteiger partial charge in [-0.15, -0.1) is 0 Å². The van der Waals surface area contributed by atoms with Crippen LogP contribution in [0.15, 0.2) is 29.8 Å².